The molecule has 33 heavy (non-hydrogen) atoms. The van der Waals surface area contributed by atoms with E-state index in [0.717, 1.165) is 11.4 Å². The van der Waals surface area contributed by atoms with Crippen molar-refractivity contribution in [3.05, 3.63) is 87.9 Å². The van der Waals surface area contributed by atoms with Crippen LogP contribution < -0.4 is 16.0 Å². The van der Waals surface area contributed by atoms with Gasteiger partial charge in [-0.2, -0.15) is 0 Å². The fraction of sp³-hybridized carbons (Fsp3) is 0.217. The second-order valence-corrected chi connectivity index (χ2v) is 7.98. The van der Waals surface area contributed by atoms with Gasteiger partial charge in [-0.05, 0) is 23.8 Å². The van der Waals surface area contributed by atoms with Crippen molar-refractivity contribution >= 4 is 40.9 Å². The first kappa shape index (κ1) is 24.3. The van der Waals surface area contributed by atoms with Crippen molar-refractivity contribution in [1.29, 1.82) is 0 Å². The molecule has 0 atom stereocenters. The molecule has 1 heterocycles. The number of amides is 3. The number of imidazole rings is 1. The number of nitrogens with one attached hydrogen (secondary N) is 3. The van der Waals surface area contributed by atoms with Crippen LogP contribution in [0.25, 0.3) is 0 Å². The zero-order valence-electron chi connectivity index (χ0n) is 17.7. The number of aromatic nitrogens is 2. The highest BCUT2D eigenvalue weighted by atomic mass is 35.5. The van der Waals surface area contributed by atoms with Gasteiger partial charge in [0.15, 0.2) is 0 Å². The topological polar surface area (TPSA) is 105 Å². The van der Waals surface area contributed by atoms with E-state index in [-0.39, 0.29) is 29.6 Å². The molecule has 1 aromatic heterocycles. The maximum absolute atomic E-state index is 12.1. The predicted octanol–water partition coefficient (Wildman–Crippen LogP) is 2.44. The van der Waals surface area contributed by atoms with E-state index in [1.807, 2.05) is 41.1 Å². The van der Waals surface area contributed by atoms with Crippen LogP contribution in [0.5, 0.6) is 0 Å². The zero-order chi connectivity index (χ0) is 23.6. The van der Waals surface area contributed by atoms with Crippen LogP contribution in [-0.4, -0.2) is 46.9 Å². The van der Waals surface area contributed by atoms with E-state index in [9.17, 15) is 14.4 Å². The predicted molar refractivity (Wildman–Crippen MR) is 126 cm³/mol. The first-order valence-electron chi connectivity index (χ1n) is 10.2. The Balaban J connectivity index is 1.35. The Morgan fingerprint density at radius 1 is 0.909 bits per heavy atom. The van der Waals surface area contributed by atoms with Gasteiger partial charge in [0, 0.05) is 36.9 Å². The number of hydrogen-bond donors (Lipinski definition) is 3. The summed E-state index contributed by atoms with van der Waals surface area (Å²) >= 11 is 11.8. The minimum absolute atomic E-state index is 0.184. The van der Waals surface area contributed by atoms with E-state index in [1.54, 1.807) is 6.20 Å². The molecule has 8 nitrogen and oxygen atoms in total. The Hall–Kier alpha value is -3.36. The molecule has 0 bridgehead atoms. The third kappa shape index (κ3) is 7.62. The Kier molecular flexibility index (Phi) is 8.86. The molecule has 0 aliphatic carbocycles. The summed E-state index contributed by atoms with van der Waals surface area (Å²) in [5.74, 6) is -0.493. The van der Waals surface area contributed by atoms with Crippen molar-refractivity contribution in [3.8, 4) is 0 Å². The standard InChI is InChI=1S/C23H23Cl2N5O3/c24-17-6-7-18(19(25)12-17)23(33)29-14-22(32)28-13-21(31)27-9-8-20-26-10-11-30(20)15-16-4-2-1-3-5-16/h1-7,10-12H,8-9,13-15H2,(H,27,31)(H,28,32)(H,29,33). The lowest BCUT2D eigenvalue weighted by Crippen LogP contribution is -2.42. The summed E-state index contributed by atoms with van der Waals surface area (Å²) in [5, 5.41) is 8.24. The summed E-state index contributed by atoms with van der Waals surface area (Å²) in [5.41, 5.74) is 1.37. The minimum atomic E-state index is -0.512. The van der Waals surface area contributed by atoms with Crippen LogP contribution in [0.2, 0.25) is 10.0 Å². The van der Waals surface area contributed by atoms with Crippen molar-refractivity contribution in [2.24, 2.45) is 0 Å². The monoisotopic (exact) mass is 487 g/mol. The van der Waals surface area contributed by atoms with E-state index in [4.69, 9.17) is 23.2 Å². The minimum Gasteiger partial charge on any atom is -0.354 e. The van der Waals surface area contributed by atoms with Crippen LogP contribution in [0.4, 0.5) is 0 Å². The SMILES string of the molecule is O=C(CNC(=O)CNC(=O)c1ccc(Cl)cc1Cl)NCCc1nccn1Cc1ccccc1. The van der Waals surface area contributed by atoms with Gasteiger partial charge >= 0.3 is 0 Å². The number of benzene rings is 2. The maximum Gasteiger partial charge on any atom is 0.253 e. The first-order valence-corrected chi connectivity index (χ1v) is 11.0. The molecule has 0 radical (unpaired) electrons. The van der Waals surface area contributed by atoms with Crippen LogP contribution in [-0.2, 0) is 22.6 Å². The van der Waals surface area contributed by atoms with Gasteiger partial charge in [-0.25, -0.2) is 4.98 Å². The maximum atomic E-state index is 12.1. The summed E-state index contributed by atoms with van der Waals surface area (Å²) < 4.78 is 2.03. The van der Waals surface area contributed by atoms with Gasteiger partial charge < -0.3 is 20.5 Å². The van der Waals surface area contributed by atoms with E-state index < -0.39 is 11.8 Å². The summed E-state index contributed by atoms with van der Waals surface area (Å²) in [4.78, 5) is 40.4. The molecule has 172 valence electrons. The van der Waals surface area contributed by atoms with E-state index in [0.29, 0.717) is 24.5 Å². The van der Waals surface area contributed by atoms with Crippen molar-refractivity contribution in [3.63, 3.8) is 0 Å². The molecule has 3 amide bonds. The average molecular weight is 488 g/mol. The van der Waals surface area contributed by atoms with Gasteiger partial charge in [0.05, 0.1) is 23.7 Å². The van der Waals surface area contributed by atoms with E-state index in [1.165, 1.54) is 18.2 Å². The van der Waals surface area contributed by atoms with Gasteiger partial charge in [-0.15, -0.1) is 0 Å². The molecule has 0 fully saturated rings. The Morgan fingerprint density at radius 3 is 2.39 bits per heavy atom. The number of rotatable bonds is 10. The third-order valence-corrected chi connectivity index (χ3v) is 5.25. The lowest BCUT2D eigenvalue weighted by atomic mass is 10.2. The smallest absolute Gasteiger partial charge is 0.253 e. The van der Waals surface area contributed by atoms with Gasteiger partial charge in [-0.1, -0.05) is 53.5 Å². The number of carbonyl (C=O) groups is 3. The van der Waals surface area contributed by atoms with Crippen LogP contribution in [0.3, 0.4) is 0 Å². The molecule has 0 saturated carbocycles. The number of nitrogens with zero attached hydrogens (tertiary/aromatic N) is 2. The van der Waals surface area contributed by atoms with Crippen LogP contribution in [0.15, 0.2) is 60.9 Å². The zero-order valence-corrected chi connectivity index (χ0v) is 19.2. The molecule has 3 N–H and O–H groups in total. The summed E-state index contributed by atoms with van der Waals surface area (Å²) in [6.45, 7) is 0.594. The molecule has 0 aliphatic rings. The van der Waals surface area contributed by atoms with Crippen molar-refractivity contribution in [2.45, 2.75) is 13.0 Å². The normalized spacial score (nSPS) is 10.5. The number of halogens is 2. The molecular weight excluding hydrogens is 465 g/mol. The van der Waals surface area contributed by atoms with E-state index >= 15 is 0 Å². The summed E-state index contributed by atoms with van der Waals surface area (Å²) in [6.07, 6.45) is 4.18. The largest absolute Gasteiger partial charge is 0.354 e. The molecular formula is C23H23Cl2N5O3. The molecule has 0 spiro atoms. The van der Waals surface area contributed by atoms with Crippen molar-refractivity contribution < 1.29 is 14.4 Å². The summed E-state index contributed by atoms with van der Waals surface area (Å²) in [6, 6.07) is 14.5. The number of hydrogen-bond acceptors (Lipinski definition) is 4. The molecule has 0 aliphatic heterocycles. The number of carbonyl (C=O) groups excluding carboxylic acids is 3. The van der Waals surface area contributed by atoms with E-state index in [2.05, 4.69) is 20.9 Å². The molecule has 3 rings (SSSR count). The fourth-order valence-corrected chi connectivity index (χ4v) is 3.53. The highest BCUT2D eigenvalue weighted by molar-refractivity contribution is 6.36. The molecule has 10 heteroatoms. The molecule has 0 unspecified atom stereocenters. The van der Waals surface area contributed by atoms with Crippen LogP contribution >= 0.6 is 23.2 Å². The Labute approximate surface area is 201 Å². The molecule has 2 aromatic carbocycles. The van der Waals surface area contributed by atoms with Gasteiger partial charge in [0.2, 0.25) is 11.8 Å². The Bertz CT molecular complexity index is 1120. The average Bonchev–Trinajstić information content (AvgIpc) is 3.23. The second-order valence-electron chi connectivity index (χ2n) is 7.14. The second kappa shape index (κ2) is 12.0. The lowest BCUT2D eigenvalue weighted by molar-refractivity contribution is -0.125. The van der Waals surface area contributed by atoms with Crippen LogP contribution in [0.1, 0.15) is 21.7 Å². The Morgan fingerprint density at radius 2 is 1.64 bits per heavy atom. The van der Waals surface area contributed by atoms with Crippen molar-refractivity contribution in [1.82, 2.24) is 25.5 Å². The summed E-state index contributed by atoms with van der Waals surface area (Å²) in [7, 11) is 0. The lowest BCUT2D eigenvalue weighted by Gasteiger charge is -2.10. The van der Waals surface area contributed by atoms with Crippen LogP contribution in [0, 0.1) is 0 Å². The first-order chi connectivity index (χ1) is 15.9. The van der Waals surface area contributed by atoms with Gasteiger partial charge in [0.1, 0.15) is 5.82 Å². The van der Waals surface area contributed by atoms with Gasteiger partial charge in [0.25, 0.3) is 5.91 Å². The highest BCUT2D eigenvalue weighted by Crippen LogP contribution is 2.20. The van der Waals surface area contributed by atoms with Crippen molar-refractivity contribution in [2.75, 3.05) is 19.6 Å². The fourth-order valence-electron chi connectivity index (χ4n) is 3.04. The van der Waals surface area contributed by atoms with Gasteiger partial charge in [-0.3, -0.25) is 14.4 Å². The molecule has 3 aromatic rings. The quantitative estimate of drug-likeness (QED) is 0.408. The molecule has 0 saturated heterocycles. The highest BCUT2D eigenvalue weighted by Gasteiger charge is 2.13. The third-order valence-electron chi connectivity index (χ3n) is 4.70.